The molecule has 1 aromatic rings. The molecule has 0 unspecified atom stereocenters. The van der Waals surface area contributed by atoms with Crippen molar-refractivity contribution in [1.29, 1.82) is 0 Å². The van der Waals surface area contributed by atoms with Gasteiger partial charge >= 0.3 is 6.09 Å². The highest BCUT2D eigenvalue weighted by molar-refractivity contribution is 7.80. The molecule has 13 heavy (non-hydrogen) atoms. The maximum Gasteiger partial charge on any atom is 0.418 e. The van der Waals surface area contributed by atoms with Gasteiger partial charge in [0.05, 0.1) is 5.69 Å². The number of carboxylic acid groups (broad SMARTS) is 1. The summed E-state index contributed by atoms with van der Waals surface area (Å²) >= 11 is 4.60. The minimum absolute atomic E-state index is 0.182. The van der Waals surface area contributed by atoms with E-state index >= 15 is 0 Å². The Hall–Kier alpha value is -1.62. The van der Waals surface area contributed by atoms with Gasteiger partial charge in [0, 0.05) is 0 Å². The molecular weight excluding hydrogens is 188 g/mol. The lowest BCUT2D eigenvalue weighted by Gasteiger charge is -2.16. The van der Waals surface area contributed by atoms with Crippen LogP contribution < -0.4 is 10.6 Å². The van der Waals surface area contributed by atoms with Gasteiger partial charge in [-0.25, -0.2) is 9.69 Å². The third-order valence-corrected chi connectivity index (χ3v) is 1.61. The summed E-state index contributed by atoms with van der Waals surface area (Å²) in [5.74, 6) is 0. The predicted octanol–water partition coefficient (Wildman–Crippen LogP) is 1.41. The second kappa shape index (κ2) is 3.86. The van der Waals surface area contributed by atoms with Crippen molar-refractivity contribution in [2.45, 2.75) is 0 Å². The number of hydrogen-bond donors (Lipinski definition) is 2. The molecule has 0 aliphatic heterocycles. The normalized spacial score (nSPS) is 9.23. The van der Waals surface area contributed by atoms with Crippen LogP contribution in [-0.2, 0) is 0 Å². The maximum atomic E-state index is 10.7. The number of nitrogens with zero attached hydrogens (tertiary/aromatic N) is 1. The van der Waals surface area contributed by atoms with E-state index in [0.29, 0.717) is 5.69 Å². The Morgan fingerprint density at radius 2 is 1.92 bits per heavy atom. The highest BCUT2D eigenvalue weighted by atomic mass is 32.1. The summed E-state index contributed by atoms with van der Waals surface area (Å²) in [6.07, 6.45) is -1.18. The molecular formula is C8H8N2O2S. The molecule has 0 radical (unpaired) electrons. The van der Waals surface area contributed by atoms with Gasteiger partial charge in [0.2, 0.25) is 0 Å². The minimum Gasteiger partial charge on any atom is -0.464 e. The van der Waals surface area contributed by atoms with Gasteiger partial charge in [-0.15, -0.1) is 0 Å². The molecule has 1 aromatic carbocycles. The molecule has 0 bridgehead atoms. The Bertz CT molecular complexity index is 312. The quantitative estimate of drug-likeness (QED) is 0.666. The summed E-state index contributed by atoms with van der Waals surface area (Å²) in [6, 6.07) is 8.44. The van der Waals surface area contributed by atoms with Crippen LogP contribution in [0.25, 0.3) is 0 Å². The van der Waals surface area contributed by atoms with Crippen LogP contribution in [0.3, 0.4) is 0 Å². The number of anilines is 1. The zero-order valence-corrected chi connectivity index (χ0v) is 7.49. The third-order valence-electron chi connectivity index (χ3n) is 1.43. The monoisotopic (exact) mass is 196 g/mol. The fourth-order valence-corrected chi connectivity index (χ4v) is 1.09. The highest BCUT2D eigenvalue weighted by Gasteiger charge is 2.15. The average molecular weight is 196 g/mol. The molecule has 0 saturated carbocycles. The Labute approximate surface area is 80.6 Å². The number of hydrogen-bond acceptors (Lipinski definition) is 2. The van der Waals surface area contributed by atoms with E-state index in [4.69, 9.17) is 10.8 Å². The second-order valence-electron chi connectivity index (χ2n) is 2.29. The Morgan fingerprint density at radius 1 is 1.38 bits per heavy atom. The fraction of sp³-hybridized carbons (Fsp3) is 0. The molecule has 0 aliphatic rings. The van der Waals surface area contributed by atoms with Crippen molar-refractivity contribution in [2.75, 3.05) is 4.90 Å². The number of carbonyl (C=O) groups is 1. The van der Waals surface area contributed by atoms with Crippen molar-refractivity contribution in [3.05, 3.63) is 30.3 Å². The predicted molar refractivity (Wildman–Crippen MR) is 53.7 cm³/mol. The smallest absolute Gasteiger partial charge is 0.418 e. The van der Waals surface area contributed by atoms with Gasteiger partial charge in [0.25, 0.3) is 0 Å². The van der Waals surface area contributed by atoms with E-state index in [2.05, 4.69) is 12.2 Å². The number of rotatable bonds is 1. The first kappa shape index (κ1) is 9.47. The van der Waals surface area contributed by atoms with Crippen molar-refractivity contribution in [2.24, 2.45) is 5.73 Å². The van der Waals surface area contributed by atoms with Crippen LogP contribution in [-0.4, -0.2) is 16.3 Å². The summed E-state index contributed by atoms with van der Waals surface area (Å²) in [5.41, 5.74) is 5.69. The summed E-state index contributed by atoms with van der Waals surface area (Å²) in [7, 11) is 0. The second-order valence-corrected chi connectivity index (χ2v) is 2.71. The SMILES string of the molecule is NC(=S)N(C(=O)O)c1ccccc1. The van der Waals surface area contributed by atoms with Crippen molar-refractivity contribution in [3.8, 4) is 0 Å². The Morgan fingerprint density at radius 3 is 2.31 bits per heavy atom. The lowest BCUT2D eigenvalue weighted by atomic mass is 10.3. The van der Waals surface area contributed by atoms with E-state index in [1.165, 1.54) is 0 Å². The highest BCUT2D eigenvalue weighted by Crippen LogP contribution is 2.12. The first-order valence-electron chi connectivity index (χ1n) is 3.50. The van der Waals surface area contributed by atoms with Crippen LogP contribution in [0.2, 0.25) is 0 Å². The van der Waals surface area contributed by atoms with E-state index in [1.54, 1.807) is 30.3 Å². The summed E-state index contributed by atoms with van der Waals surface area (Å²) in [6.45, 7) is 0. The molecule has 0 atom stereocenters. The Kier molecular flexibility index (Phi) is 2.81. The third kappa shape index (κ3) is 2.16. The van der Waals surface area contributed by atoms with Crippen LogP contribution in [0.5, 0.6) is 0 Å². The van der Waals surface area contributed by atoms with Crippen LogP contribution >= 0.6 is 12.2 Å². The van der Waals surface area contributed by atoms with Gasteiger partial charge < -0.3 is 10.8 Å². The summed E-state index contributed by atoms with van der Waals surface area (Å²) < 4.78 is 0. The molecule has 4 nitrogen and oxygen atoms in total. The van der Waals surface area contributed by atoms with Crippen LogP contribution in [0.15, 0.2) is 30.3 Å². The first-order chi connectivity index (χ1) is 6.13. The van der Waals surface area contributed by atoms with E-state index in [9.17, 15) is 4.79 Å². The summed E-state index contributed by atoms with van der Waals surface area (Å²) in [4.78, 5) is 11.5. The zero-order valence-electron chi connectivity index (χ0n) is 6.68. The van der Waals surface area contributed by atoms with E-state index < -0.39 is 6.09 Å². The van der Waals surface area contributed by atoms with E-state index in [0.717, 1.165) is 4.90 Å². The largest absolute Gasteiger partial charge is 0.464 e. The molecule has 1 rings (SSSR count). The molecule has 0 spiro atoms. The molecule has 5 heteroatoms. The summed E-state index contributed by atoms with van der Waals surface area (Å²) in [5, 5.41) is 8.57. The van der Waals surface area contributed by atoms with Gasteiger partial charge in [0.15, 0.2) is 5.11 Å². The topological polar surface area (TPSA) is 66.6 Å². The molecule has 0 aliphatic carbocycles. The maximum absolute atomic E-state index is 10.7. The van der Waals surface area contributed by atoms with Gasteiger partial charge in [-0.2, -0.15) is 0 Å². The van der Waals surface area contributed by atoms with E-state index in [-0.39, 0.29) is 5.11 Å². The van der Waals surface area contributed by atoms with Gasteiger partial charge in [0.1, 0.15) is 0 Å². The van der Waals surface area contributed by atoms with Gasteiger partial charge in [-0.1, -0.05) is 18.2 Å². The van der Waals surface area contributed by atoms with Gasteiger partial charge in [-0.3, -0.25) is 0 Å². The molecule has 0 fully saturated rings. The standard InChI is InChI=1S/C8H8N2O2S/c9-7(13)10(8(11)12)6-4-2-1-3-5-6/h1-5H,(H2,9,13)(H,11,12). The molecule has 0 aromatic heterocycles. The average Bonchev–Trinajstić information content (AvgIpc) is 2.04. The molecule has 3 N–H and O–H groups in total. The molecule has 0 heterocycles. The lowest BCUT2D eigenvalue weighted by molar-refractivity contribution is 0.205. The van der Waals surface area contributed by atoms with Crippen LogP contribution in [0, 0.1) is 0 Å². The number of benzene rings is 1. The van der Waals surface area contributed by atoms with Gasteiger partial charge in [-0.05, 0) is 24.4 Å². The van der Waals surface area contributed by atoms with Crippen LogP contribution in [0.4, 0.5) is 10.5 Å². The number of nitrogens with two attached hydrogens (primary N) is 1. The number of amides is 1. The molecule has 1 amide bonds. The van der Waals surface area contributed by atoms with Crippen molar-refractivity contribution in [1.82, 2.24) is 0 Å². The minimum atomic E-state index is -1.18. The lowest BCUT2D eigenvalue weighted by Crippen LogP contribution is -2.39. The van der Waals surface area contributed by atoms with Crippen molar-refractivity contribution in [3.63, 3.8) is 0 Å². The number of thiocarbonyl (C=S) groups is 1. The van der Waals surface area contributed by atoms with Crippen LogP contribution in [0.1, 0.15) is 0 Å². The van der Waals surface area contributed by atoms with E-state index in [1.807, 2.05) is 0 Å². The van der Waals surface area contributed by atoms with Crippen molar-refractivity contribution < 1.29 is 9.90 Å². The fourth-order valence-electron chi connectivity index (χ4n) is 0.909. The first-order valence-corrected chi connectivity index (χ1v) is 3.91. The molecule has 68 valence electrons. The number of para-hydroxylation sites is 1. The van der Waals surface area contributed by atoms with Crippen molar-refractivity contribution >= 4 is 29.1 Å². The Balaban J connectivity index is 3.03. The molecule has 0 saturated heterocycles. The zero-order chi connectivity index (χ0) is 9.84.